The molecule has 0 bridgehead atoms. The van der Waals surface area contributed by atoms with E-state index in [4.69, 9.17) is 10.5 Å². The molecule has 0 saturated carbocycles. The molecule has 1 heterocycles. The van der Waals surface area contributed by atoms with Gasteiger partial charge < -0.3 is 10.5 Å². The van der Waals surface area contributed by atoms with Gasteiger partial charge in [-0.25, -0.2) is 0 Å². The first-order chi connectivity index (χ1) is 9.93. The third-order valence-corrected chi connectivity index (χ3v) is 4.42. The van der Waals surface area contributed by atoms with Crippen LogP contribution >= 0.6 is 0 Å². The molecule has 1 aromatic rings. The molecule has 0 radical (unpaired) electrons. The van der Waals surface area contributed by atoms with Gasteiger partial charge in [0.1, 0.15) is 0 Å². The van der Waals surface area contributed by atoms with E-state index < -0.39 is 0 Å². The van der Waals surface area contributed by atoms with Crippen LogP contribution in [0.3, 0.4) is 0 Å². The molecule has 0 amide bonds. The Labute approximate surface area is 129 Å². The summed E-state index contributed by atoms with van der Waals surface area (Å²) in [6, 6.07) is 9.30. The summed E-state index contributed by atoms with van der Waals surface area (Å²) in [5.41, 5.74) is 9.21. The number of hydrogen-bond acceptors (Lipinski definition) is 3. The van der Waals surface area contributed by atoms with E-state index in [-0.39, 0.29) is 11.6 Å². The van der Waals surface area contributed by atoms with Crippen LogP contribution in [0.25, 0.3) is 0 Å². The van der Waals surface area contributed by atoms with Crippen molar-refractivity contribution < 1.29 is 4.74 Å². The minimum atomic E-state index is 0.137. The smallest absolute Gasteiger partial charge is 0.0713 e. The summed E-state index contributed by atoms with van der Waals surface area (Å²) in [5, 5.41) is 0. The van der Waals surface area contributed by atoms with E-state index in [2.05, 4.69) is 49.9 Å². The van der Waals surface area contributed by atoms with E-state index >= 15 is 0 Å². The second kappa shape index (κ2) is 6.91. The maximum absolute atomic E-state index is 6.53. The van der Waals surface area contributed by atoms with Crippen LogP contribution in [0.5, 0.6) is 0 Å². The van der Waals surface area contributed by atoms with Crippen LogP contribution in [-0.4, -0.2) is 30.1 Å². The van der Waals surface area contributed by atoms with E-state index in [0.29, 0.717) is 12.6 Å². The quantitative estimate of drug-likeness (QED) is 0.926. The molecule has 1 aliphatic rings. The van der Waals surface area contributed by atoms with Crippen LogP contribution in [0, 0.1) is 0 Å². The van der Waals surface area contributed by atoms with E-state index in [9.17, 15) is 0 Å². The standard InChI is InChI=1S/C18H30N2O/c1-18(2,3)20-12-6-5-7-16(19)17(20)15-10-8-14(9-11-15)13-21-4/h8-11,16-17H,5-7,12-13,19H2,1-4H3. The predicted octanol–water partition coefficient (Wildman–Crippen LogP) is 3.49. The Bertz CT molecular complexity index is 436. The number of likely N-dealkylation sites (tertiary alicyclic amines) is 1. The van der Waals surface area contributed by atoms with Crippen LogP contribution < -0.4 is 5.73 Å². The van der Waals surface area contributed by atoms with Crippen LogP contribution in [0.2, 0.25) is 0 Å². The van der Waals surface area contributed by atoms with Crippen molar-refractivity contribution in [2.75, 3.05) is 13.7 Å². The monoisotopic (exact) mass is 290 g/mol. The summed E-state index contributed by atoms with van der Waals surface area (Å²) in [4.78, 5) is 2.58. The number of methoxy groups -OCH3 is 1. The van der Waals surface area contributed by atoms with Gasteiger partial charge in [0.15, 0.2) is 0 Å². The Morgan fingerprint density at radius 1 is 1.19 bits per heavy atom. The lowest BCUT2D eigenvalue weighted by Crippen LogP contribution is -2.49. The molecule has 0 aromatic heterocycles. The molecule has 2 atom stereocenters. The van der Waals surface area contributed by atoms with Crippen LogP contribution in [0.1, 0.15) is 57.2 Å². The highest BCUT2D eigenvalue weighted by atomic mass is 16.5. The minimum absolute atomic E-state index is 0.137. The minimum Gasteiger partial charge on any atom is -0.380 e. The van der Waals surface area contributed by atoms with Crippen molar-refractivity contribution in [3.05, 3.63) is 35.4 Å². The molecule has 1 saturated heterocycles. The van der Waals surface area contributed by atoms with Gasteiger partial charge in [0, 0.05) is 18.7 Å². The predicted molar refractivity (Wildman–Crippen MR) is 88.2 cm³/mol. The number of nitrogens with zero attached hydrogens (tertiary/aromatic N) is 1. The van der Waals surface area contributed by atoms with Gasteiger partial charge in [-0.2, -0.15) is 0 Å². The van der Waals surface area contributed by atoms with E-state index in [1.165, 1.54) is 24.0 Å². The fourth-order valence-corrected chi connectivity index (χ4v) is 3.35. The van der Waals surface area contributed by atoms with Gasteiger partial charge in [-0.05, 0) is 51.3 Å². The zero-order valence-corrected chi connectivity index (χ0v) is 13.9. The largest absolute Gasteiger partial charge is 0.380 e. The highest BCUT2D eigenvalue weighted by molar-refractivity contribution is 5.26. The zero-order valence-electron chi connectivity index (χ0n) is 13.9. The van der Waals surface area contributed by atoms with Gasteiger partial charge in [-0.1, -0.05) is 30.7 Å². The van der Waals surface area contributed by atoms with Crippen molar-refractivity contribution in [2.24, 2.45) is 5.73 Å². The fourth-order valence-electron chi connectivity index (χ4n) is 3.35. The summed E-state index contributed by atoms with van der Waals surface area (Å²) < 4.78 is 5.19. The molecule has 3 nitrogen and oxygen atoms in total. The molecule has 21 heavy (non-hydrogen) atoms. The molecule has 1 aromatic carbocycles. The Hall–Kier alpha value is -0.900. The lowest BCUT2D eigenvalue weighted by Gasteiger charge is -2.43. The molecule has 118 valence electrons. The maximum atomic E-state index is 6.53. The molecule has 2 N–H and O–H groups in total. The average Bonchev–Trinajstić information content (AvgIpc) is 2.61. The number of ether oxygens (including phenoxy) is 1. The lowest BCUT2D eigenvalue weighted by molar-refractivity contribution is 0.0755. The number of hydrogen-bond donors (Lipinski definition) is 1. The normalized spacial score (nSPS) is 24.8. The van der Waals surface area contributed by atoms with Crippen molar-refractivity contribution in [2.45, 2.75) is 64.3 Å². The lowest BCUT2D eigenvalue weighted by atomic mass is 9.92. The SMILES string of the molecule is COCc1ccc(C2C(N)CCCCN2C(C)(C)C)cc1. The van der Waals surface area contributed by atoms with Gasteiger partial charge in [0.25, 0.3) is 0 Å². The Balaban J connectivity index is 2.30. The van der Waals surface area contributed by atoms with Crippen molar-refractivity contribution in [1.82, 2.24) is 4.90 Å². The third-order valence-electron chi connectivity index (χ3n) is 4.42. The fraction of sp³-hybridized carbons (Fsp3) is 0.667. The summed E-state index contributed by atoms with van der Waals surface area (Å²) in [6.07, 6.45) is 3.58. The van der Waals surface area contributed by atoms with Crippen molar-refractivity contribution in [3.8, 4) is 0 Å². The molecule has 0 aliphatic carbocycles. The van der Waals surface area contributed by atoms with Crippen LogP contribution in [-0.2, 0) is 11.3 Å². The summed E-state index contributed by atoms with van der Waals surface area (Å²) in [7, 11) is 1.73. The first-order valence-corrected chi connectivity index (χ1v) is 8.03. The van der Waals surface area contributed by atoms with E-state index in [1.807, 2.05) is 0 Å². The Morgan fingerprint density at radius 3 is 2.43 bits per heavy atom. The average molecular weight is 290 g/mol. The molecule has 2 rings (SSSR count). The van der Waals surface area contributed by atoms with Crippen molar-refractivity contribution in [3.63, 3.8) is 0 Å². The second-order valence-corrected chi connectivity index (χ2v) is 7.14. The molecule has 1 fully saturated rings. The number of rotatable bonds is 3. The Morgan fingerprint density at radius 2 is 1.86 bits per heavy atom. The molecule has 3 heteroatoms. The Kier molecular flexibility index (Phi) is 5.42. The maximum Gasteiger partial charge on any atom is 0.0713 e. The molecular formula is C18H30N2O. The van der Waals surface area contributed by atoms with Crippen molar-refractivity contribution in [1.29, 1.82) is 0 Å². The topological polar surface area (TPSA) is 38.5 Å². The molecule has 1 aliphatic heterocycles. The van der Waals surface area contributed by atoms with Gasteiger partial charge in [-0.3, -0.25) is 4.90 Å². The van der Waals surface area contributed by atoms with E-state index in [1.54, 1.807) is 7.11 Å². The highest BCUT2D eigenvalue weighted by Crippen LogP contribution is 2.34. The highest BCUT2D eigenvalue weighted by Gasteiger charge is 2.34. The van der Waals surface area contributed by atoms with Crippen LogP contribution in [0.4, 0.5) is 0 Å². The summed E-state index contributed by atoms with van der Waals surface area (Å²) >= 11 is 0. The molecule has 2 unspecified atom stereocenters. The van der Waals surface area contributed by atoms with Gasteiger partial charge >= 0.3 is 0 Å². The van der Waals surface area contributed by atoms with Crippen LogP contribution in [0.15, 0.2) is 24.3 Å². The zero-order chi connectivity index (χ0) is 15.5. The third kappa shape index (κ3) is 4.06. The summed E-state index contributed by atoms with van der Waals surface area (Å²) in [5.74, 6) is 0. The first-order valence-electron chi connectivity index (χ1n) is 8.03. The second-order valence-electron chi connectivity index (χ2n) is 7.14. The first kappa shape index (κ1) is 16.5. The van der Waals surface area contributed by atoms with Gasteiger partial charge in [0.2, 0.25) is 0 Å². The molecule has 0 spiro atoms. The van der Waals surface area contributed by atoms with Gasteiger partial charge in [-0.15, -0.1) is 0 Å². The number of nitrogens with two attached hydrogens (primary N) is 1. The number of benzene rings is 1. The summed E-state index contributed by atoms with van der Waals surface area (Å²) in [6.45, 7) is 8.66. The van der Waals surface area contributed by atoms with Gasteiger partial charge in [0.05, 0.1) is 12.6 Å². The van der Waals surface area contributed by atoms with Crippen molar-refractivity contribution >= 4 is 0 Å². The van der Waals surface area contributed by atoms with E-state index in [0.717, 1.165) is 13.0 Å². The molecular weight excluding hydrogens is 260 g/mol.